The van der Waals surface area contributed by atoms with Gasteiger partial charge in [0.2, 0.25) is 0 Å². The molecule has 3 nitrogen and oxygen atoms in total. The predicted octanol–water partition coefficient (Wildman–Crippen LogP) is 3.05. The van der Waals surface area contributed by atoms with Crippen LogP contribution in [0, 0.1) is 13.8 Å². The van der Waals surface area contributed by atoms with E-state index in [1.807, 2.05) is 13.1 Å². The van der Waals surface area contributed by atoms with Crippen LogP contribution in [0.3, 0.4) is 0 Å². The van der Waals surface area contributed by atoms with E-state index in [-0.39, 0.29) is 0 Å². The minimum atomic E-state index is 0.909. The molecule has 0 amide bonds. The molecule has 2 rings (SSSR count). The molecule has 0 spiro atoms. The van der Waals surface area contributed by atoms with Gasteiger partial charge in [0.1, 0.15) is 0 Å². The van der Waals surface area contributed by atoms with Gasteiger partial charge in [-0.05, 0) is 50.9 Å². The normalized spacial score (nSPS) is 18.3. The van der Waals surface area contributed by atoms with Gasteiger partial charge in [0.25, 0.3) is 0 Å². The molecule has 0 radical (unpaired) electrons. The SMILES string of the molecule is Cc1cnc(CN2CCCCCCC2)c(C)c1N. The third-order valence-electron chi connectivity index (χ3n) is 4.00. The molecule has 100 valence electrons. The molecule has 1 aromatic rings. The number of nitrogens with zero attached hydrogens (tertiary/aromatic N) is 2. The van der Waals surface area contributed by atoms with Crippen LogP contribution in [0.1, 0.15) is 48.9 Å². The summed E-state index contributed by atoms with van der Waals surface area (Å²) in [6, 6.07) is 0. The van der Waals surface area contributed by atoms with Crippen LogP contribution >= 0.6 is 0 Å². The van der Waals surface area contributed by atoms with Crippen LogP contribution in [0.15, 0.2) is 6.20 Å². The molecule has 18 heavy (non-hydrogen) atoms. The monoisotopic (exact) mass is 247 g/mol. The summed E-state index contributed by atoms with van der Waals surface area (Å²) in [7, 11) is 0. The van der Waals surface area contributed by atoms with Gasteiger partial charge in [0, 0.05) is 18.4 Å². The Morgan fingerprint density at radius 2 is 1.72 bits per heavy atom. The zero-order valence-corrected chi connectivity index (χ0v) is 11.7. The molecule has 1 aliphatic rings. The lowest BCUT2D eigenvalue weighted by atomic mass is 10.1. The van der Waals surface area contributed by atoms with Crippen molar-refractivity contribution in [1.82, 2.24) is 9.88 Å². The summed E-state index contributed by atoms with van der Waals surface area (Å²) in [6.45, 7) is 7.48. The lowest BCUT2D eigenvalue weighted by Gasteiger charge is -2.25. The molecule has 3 heteroatoms. The first kappa shape index (κ1) is 13.3. The fraction of sp³-hybridized carbons (Fsp3) is 0.667. The van der Waals surface area contributed by atoms with Crippen molar-refractivity contribution in [2.24, 2.45) is 0 Å². The Balaban J connectivity index is 2.05. The van der Waals surface area contributed by atoms with Crippen LogP contribution in [-0.4, -0.2) is 23.0 Å². The molecule has 0 saturated carbocycles. The molecule has 0 aromatic carbocycles. The van der Waals surface area contributed by atoms with Crippen molar-refractivity contribution in [2.45, 2.75) is 52.5 Å². The molecule has 0 bridgehead atoms. The summed E-state index contributed by atoms with van der Waals surface area (Å²) in [6.07, 6.45) is 8.70. The Morgan fingerprint density at radius 3 is 2.39 bits per heavy atom. The van der Waals surface area contributed by atoms with Crippen molar-refractivity contribution < 1.29 is 0 Å². The van der Waals surface area contributed by atoms with Crippen LogP contribution in [0.5, 0.6) is 0 Å². The first-order valence-corrected chi connectivity index (χ1v) is 7.11. The Kier molecular flexibility index (Phi) is 4.59. The second-order valence-electron chi connectivity index (χ2n) is 5.47. The van der Waals surface area contributed by atoms with Gasteiger partial charge in [-0.25, -0.2) is 0 Å². The van der Waals surface area contributed by atoms with Gasteiger partial charge in [-0.2, -0.15) is 0 Å². The van der Waals surface area contributed by atoms with Crippen molar-refractivity contribution in [3.05, 3.63) is 23.0 Å². The minimum Gasteiger partial charge on any atom is -0.398 e. The molecular formula is C15H25N3. The second-order valence-corrected chi connectivity index (χ2v) is 5.47. The number of aromatic nitrogens is 1. The Hall–Kier alpha value is -1.09. The average Bonchev–Trinajstić information content (AvgIpc) is 2.32. The van der Waals surface area contributed by atoms with Crippen molar-refractivity contribution in [3.8, 4) is 0 Å². The lowest BCUT2D eigenvalue weighted by Crippen LogP contribution is -2.27. The number of hydrogen-bond acceptors (Lipinski definition) is 3. The van der Waals surface area contributed by atoms with E-state index in [2.05, 4.69) is 16.8 Å². The fourth-order valence-corrected chi connectivity index (χ4v) is 2.63. The van der Waals surface area contributed by atoms with E-state index in [9.17, 15) is 0 Å². The maximum atomic E-state index is 6.09. The van der Waals surface area contributed by atoms with Crippen molar-refractivity contribution in [2.75, 3.05) is 18.8 Å². The molecule has 1 aromatic heterocycles. The highest BCUT2D eigenvalue weighted by Crippen LogP contribution is 2.20. The Morgan fingerprint density at radius 1 is 1.11 bits per heavy atom. The molecule has 2 N–H and O–H groups in total. The summed E-state index contributed by atoms with van der Waals surface area (Å²) in [4.78, 5) is 7.10. The molecular weight excluding hydrogens is 222 g/mol. The first-order valence-electron chi connectivity index (χ1n) is 7.11. The number of rotatable bonds is 2. The Labute approximate surface area is 110 Å². The van der Waals surface area contributed by atoms with Crippen molar-refractivity contribution in [1.29, 1.82) is 0 Å². The minimum absolute atomic E-state index is 0.909. The number of aryl methyl sites for hydroxylation is 1. The third-order valence-corrected chi connectivity index (χ3v) is 4.00. The molecule has 1 aliphatic heterocycles. The standard InChI is InChI=1S/C15H25N3/c1-12-10-17-14(13(2)15(12)16)11-18-8-6-4-3-5-7-9-18/h10H,3-9,11H2,1-2H3,(H2,16,17). The zero-order valence-electron chi connectivity index (χ0n) is 11.7. The molecule has 1 fully saturated rings. The van der Waals surface area contributed by atoms with E-state index >= 15 is 0 Å². The highest BCUT2D eigenvalue weighted by Gasteiger charge is 2.12. The summed E-state index contributed by atoms with van der Waals surface area (Å²) in [5, 5.41) is 0. The average molecular weight is 247 g/mol. The number of hydrogen-bond donors (Lipinski definition) is 1. The molecule has 1 saturated heterocycles. The molecule has 2 heterocycles. The summed E-state index contributed by atoms with van der Waals surface area (Å²) in [5.74, 6) is 0. The van der Waals surface area contributed by atoms with Gasteiger partial charge in [-0.15, -0.1) is 0 Å². The summed E-state index contributed by atoms with van der Waals surface area (Å²) >= 11 is 0. The highest BCUT2D eigenvalue weighted by molar-refractivity contribution is 5.53. The number of nitrogens with two attached hydrogens (primary N) is 1. The lowest BCUT2D eigenvalue weighted by molar-refractivity contribution is 0.237. The quantitative estimate of drug-likeness (QED) is 0.873. The molecule has 0 aliphatic carbocycles. The van der Waals surface area contributed by atoms with Crippen LogP contribution in [-0.2, 0) is 6.54 Å². The van der Waals surface area contributed by atoms with E-state index in [1.54, 1.807) is 0 Å². The number of pyridine rings is 1. The maximum absolute atomic E-state index is 6.09. The van der Waals surface area contributed by atoms with Crippen LogP contribution in [0.4, 0.5) is 5.69 Å². The van der Waals surface area contributed by atoms with E-state index < -0.39 is 0 Å². The van der Waals surface area contributed by atoms with Gasteiger partial charge in [0.15, 0.2) is 0 Å². The first-order chi connectivity index (χ1) is 8.68. The maximum Gasteiger partial charge on any atom is 0.0593 e. The fourth-order valence-electron chi connectivity index (χ4n) is 2.63. The van der Waals surface area contributed by atoms with Gasteiger partial charge >= 0.3 is 0 Å². The number of likely N-dealkylation sites (tertiary alicyclic amines) is 1. The Bertz CT molecular complexity index is 393. The van der Waals surface area contributed by atoms with Crippen LogP contribution in [0.2, 0.25) is 0 Å². The van der Waals surface area contributed by atoms with Crippen LogP contribution in [0.25, 0.3) is 0 Å². The largest absolute Gasteiger partial charge is 0.398 e. The zero-order chi connectivity index (χ0) is 13.0. The van der Waals surface area contributed by atoms with E-state index in [0.29, 0.717) is 0 Å². The predicted molar refractivity (Wildman–Crippen MR) is 76.5 cm³/mol. The number of nitrogen functional groups attached to an aromatic ring is 1. The van der Waals surface area contributed by atoms with Gasteiger partial charge in [-0.3, -0.25) is 9.88 Å². The van der Waals surface area contributed by atoms with Crippen LogP contribution < -0.4 is 5.73 Å². The van der Waals surface area contributed by atoms with E-state index in [4.69, 9.17) is 5.73 Å². The molecule has 0 atom stereocenters. The summed E-state index contributed by atoms with van der Waals surface area (Å²) < 4.78 is 0. The van der Waals surface area contributed by atoms with Crippen molar-refractivity contribution in [3.63, 3.8) is 0 Å². The molecule has 0 unspecified atom stereocenters. The van der Waals surface area contributed by atoms with Gasteiger partial charge < -0.3 is 5.73 Å². The highest BCUT2D eigenvalue weighted by atomic mass is 15.1. The number of anilines is 1. The third kappa shape index (κ3) is 3.22. The topological polar surface area (TPSA) is 42.2 Å². The van der Waals surface area contributed by atoms with Gasteiger partial charge in [-0.1, -0.05) is 19.3 Å². The summed E-state index contributed by atoms with van der Waals surface area (Å²) in [5.41, 5.74) is 10.4. The second kappa shape index (κ2) is 6.19. The smallest absolute Gasteiger partial charge is 0.0593 e. The van der Waals surface area contributed by atoms with Crippen molar-refractivity contribution >= 4 is 5.69 Å². The van der Waals surface area contributed by atoms with Gasteiger partial charge in [0.05, 0.1) is 5.69 Å². The van der Waals surface area contributed by atoms with E-state index in [1.165, 1.54) is 45.2 Å². The van der Waals surface area contributed by atoms with E-state index in [0.717, 1.165) is 29.1 Å².